The number of hydrogen-bond acceptors (Lipinski definition) is 2. The summed E-state index contributed by atoms with van der Waals surface area (Å²) in [4.78, 5) is 19.5. The third-order valence-electron chi connectivity index (χ3n) is 0.292. The number of carboxylic acids is 1. The minimum atomic E-state index is -1.61. The van der Waals surface area contributed by atoms with Crippen LogP contribution in [0, 0.1) is 0 Å². The second-order valence-electron chi connectivity index (χ2n) is 1.01. The maximum absolute atomic E-state index is 9.97. The molecule has 0 heterocycles. The quantitative estimate of drug-likeness (QED) is 0.463. The average molecular weight is 120 g/mol. The molecule has 0 fully saturated rings. The summed E-state index contributed by atoms with van der Waals surface area (Å²) in [6.07, 6.45) is 0. The Kier molecular flexibility index (Phi) is 2.56. The van der Waals surface area contributed by atoms with Gasteiger partial charge in [0.1, 0.15) is 0 Å². The molecule has 7 heavy (non-hydrogen) atoms. The van der Waals surface area contributed by atoms with Gasteiger partial charge in [-0.2, -0.15) is 0 Å². The van der Waals surface area contributed by atoms with Crippen molar-refractivity contribution in [2.45, 2.75) is 0 Å². The summed E-state index contributed by atoms with van der Waals surface area (Å²) in [6, 6.07) is 0. The number of carbonyl (C=O) groups is 1. The summed E-state index contributed by atoms with van der Waals surface area (Å²) in [5, 5.41) is 7.84. The molecule has 40 valence electrons. The van der Waals surface area contributed by atoms with E-state index in [-0.39, 0.29) is 0 Å². The van der Waals surface area contributed by atoms with Crippen LogP contribution in [0.25, 0.3) is 0 Å². The van der Waals surface area contributed by atoms with Gasteiger partial charge in [-0.1, -0.05) is 0 Å². The Labute approximate surface area is 42.1 Å². The van der Waals surface area contributed by atoms with Crippen molar-refractivity contribution in [3.8, 4) is 0 Å². The van der Waals surface area contributed by atoms with Crippen LogP contribution in [0.1, 0.15) is 0 Å². The molecule has 1 atom stereocenters. The third kappa shape index (κ3) is 5.60. The Morgan fingerprint density at radius 1 is 2.00 bits per heavy atom. The van der Waals surface area contributed by atoms with Crippen molar-refractivity contribution in [2.24, 2.45) is 0 Å². The van der Waals surface area contributed by atoms with Gasteiger partial charge >= 0.3 is 5.97 Å². The number of rotatable bonds is 1. The van der Waals surface area contributed by atoms with E-state index >= 15 is 0 Å². The molecule has 1 N–H and O–H groups in total. The first-order chi connectivity index (χ1) is 3.13. The van der Waals surface area contributed by atoms with Crippen molar-refractivity contribution in [1.82, 2.24) is 0 Å². The summed E-state index contributed by atoms with van der Waals surface area (Å²) >= 11 is 0. The Morgan fingerprint density at radius 3 is 2.43 bits per heavy atom. The molecule has 0 radical (unpaired) electrons. The molecule has 0 amide bonds. The predicted octanol–water partition coefficient (Wildman–Crippen LogP) is -0.740. The smallest absolute Gasteiger partial charge is 0.370 e. The van der Waals surface area contributed by atoms with Crippen LogP contribution < -0.4 is 4.89 Å². The van der Waals surface area contributed by atoms with E-state index in [0.29, 0.717) is 0 Å². The van der Waals surface area contributed by atoms with Crippen LogP contribution >= 0.6 is 7.77 Å². The van der Waals surface area contributed by atoms with Gasteiger partial charge in [-0.15, -0.1) is 0 Å². The lowest BCUT2D eigenvalue weighted by atomic mass is 10.8. The van der Waals surface area contributed by atoms with Crippen LogP contribution in [0.5, 0.6) is 0 Å². The standard InChI is InChI=1S/C3H5O3P/c1-7(6)2-3(4)5/h2H,1H3,(H,4,5). The summed E-state index contributed by atoms with van der Waals surface area (Å²) in [5.41, 5.74) is 0. The van der Waals surface area contributed by atoms with Crippen molar-refractivity contribution >= 4 is 19.5 Å². The van der Waals surface area contributed by atoms with Crippen molar-refractivity contribution in [1.29, 1.82) is 0 Å². The van der Waals surface area contributed by atoms with E-state index in [1.807, 2.05) is 0 Å². The zero-order chi connectivity index (χ0) is 5.86. The molecular weight excluding hydrogens is 115 g/mol. The van der Waals surface area contributed by atoms with Gasteiger partial charge in [0.05, 0.1) is 14.4 Å². The Hall–Kier alpha value is -0.400. The highest BCUT2D eigenvalue weighted by Crippen LogP contribution is 1.96. The van der Waals surface area contributed by atoms with Crippen LogP contribution in [0.3, 0.4) is 0 Å². The van der Waals surface area contributed by atoms with Gasteiger partial charge in [0.2, 0.25) is 0 Å². The molecule has 0 aromatic heterocycles. The first-order valence-corrected chi connectivity index (χ1v) is 3.38. The fraction of sp³-hybridized carbons (Fsp3) is 0.333. The van der Waals surface area contributed by atoms with Crippen LogP contribution in [-0.4, -0.2) is 23.5 Å². The SMILES string of the molecule is C[P+]([O-])=CC(=O)O. The summed E-state index contributed by atoms with van der Waals surface area (Å²) in [7, 11) is -1.61. The highest BCUT2D eigenvalue weighted by Gasteiger charge is 1.90. The summed E-state index contributed by atoms with van der Waals surface area (Å²) in [6.45, 7) is 1.34. The van der Waals surface area contributed by atoms with Gasteiger partial charge in [0, 0.05) is 0 Å². The molecule has 0 aliphatic carbocycles. The lowest BCUT2D eigenvalue weighted by Crippen LogP contribution is -1.98. The van der Waals surface area contributed by atoms with E-state index in [0.717, 1.165) is 5.80 Å². The van der Waals surface area contributed by atoms with Crippen LogP contribution in [0.15, 0.2) is 0 Å². The molecule has 0 spiro atoms. The zero-order valence-electron chi connectivity index (χ0n) is 3.79. The normalized spacial score (nSPS) is 11.4. The Balaban J connectivity index is 3.68. The second kappa shape index (κ2) is 2.72. The number of carboxylic acid groups (broad SMARTS) is 1. The molecule has 0 aromatic rings. The fourth-order valence-electron chi connectivity index (χ4n) is 0.156. The van der Waals surface area contributed by atoms with E-state index in [1.54, 1.807) is 0 Å². The topological polar surface area (TPSA) is 60.4 Å². The maximum Gasteiger partial charge on any atom is 0.370 e. The first-order valence-electron chi connectivity index (χ1n) is 1.60. The van der Waals surface area contributed by atoms with Crippen molar-refractivity contribution in [3.63, 3.8) is 0 Å². The van der Waals surface area contributed by atoms with Gasteiger partial charge in [-0.25, -0.2) is 4.79 Å². The molecular formula is C3H5O3P. The Morgan fingerprint density at radius 2 is 2.43 bits per heavy atom. The average Bonchev–Trinajstić information content (AvgIpc) is 1.27. The first kappa shape index (κ1) is 6.60. The predicted molar refractivity (Wildman–Crippen MR) is 26.5 cm³/mol. The monoisotopic (exact) mass is 120 g/mol. The van der Waals surface area contributed by atoms with Crippen molar-refractivity contribution in [3.05, 3.63) is 0 Å². The van der Waals surface area contributed by atoms with E-state index < -0.39 is 13.7 Å². The largest absolute Gasteiger partial charge is 0.630 e. The molecule has 0 rings (SSSR count). The summed E-state index contributed by atoms with van der Waals surface area (Å²) < 4.78 is 0. The minimum absolute atomic E-state index is 0.759. The Bertz CT molecular complexity index is 103. The molecule has 0 aromatic carbocycles. The highest BCUT2D eigenvalue weighted by atomic mass is 31.1. The van der Waals surface area contributed by atoms with Crippen molar-refractivity contribution in [2.75, 3.05) is 6.66 Å². The lowest BCUT2D eigenvalue weighted by molar-refractivity contribution is -0.151. The van der Waals surface area contributed by atoms with E-state index in [4.69, 9.17) is 5.11 Å². The maximum atomic E-state index is 9.97. The molecule has 1 unspecified atom stereocenters. The van der Waals surface area contributed by atoms with Crippen LogP contribution in [0.4, 0.5) is 0 Å². The third-order valence-corrected chi connectivity index (χ3v) is 0.877. The van der Waals surface area contributed by atoms with Gasteiger partial charge in [-0.3, -0.25) is 0 Å². The second-order valence-corrected chi connectivity index (χ2v) is 2.36. The minimum Gasteiger partial charge on any atom is -0.630 e. The molecule has 0 aliphatic rings. The number of hydrogen-bond donors (Lipinski definition) is 1. The summed E-state index contributed by atoms with van der Waals surface area (Å²) in [5.74, 6) is -0.362. The molecule has 4 heteroatoms. The van der Waals surface area contributed by atoms with Crippen LogP contribution in [0.2, 0.25) is 0 Å². The molecule has 0 aliphatic heterocycles. The zero-order valence-corrected chi connectivity index (χ0v) is 4.68. The number of aliphatic carboxylic acids is 1. The van der Waals surface area contributed by atoms with E-state index in [2.05, 4.69) is 0 Å². The van der Waals surface area contributed by atoms with E-state index in [1.165, 1.54) is 6.66 Å². The highest BCUT2D eigenvalue weighted by molar-refractivity contribution is 7.51. The van der Waals surface area contributed by atoms with Gasteiger partial charge in [0.25, 0.3) is 0 Å². The molecule has 0 saturated carbocycles. The fourth-order valence-corrected chi connectivity index (χ4v) is 0.467. The molecule has 0 bridgehead atoms. The van der Waals surface area contributed by atoms with Gasteiger partial charge in [-0.05, 0) is 0 Å². The van der Waals surface area contributed by atoms with Crippen molar-refractivity contribution < 1.29 is 14.8 Å². The van der Waals surface area contributed by atoms with Gasteiger partial charge < -0.3 is 10.00 Å². The molecule has 0 saturated heterocycles. The lowest BCUT2D eigenvalue weighted by Gasteiger charge is -1.80. The van der Waals surface area contributed by atoms with Crippen LogP contribution in [-0.2, 0) is 4.79 Å². The van der Waals surface area contributed by atoms with Gasteiger partial charge in [0.15, 0.2) is 5.80 Å². The molecule has 3 nitrogen and oxygen atoms in total. The van der Waals surface area contributed by atoms with E-state index in [9.17, 15) is 9.69 Å².